The molecule has 3 heteroatoms. The van der Waals surface area contributed by atoms with Crippen molar-refractivity contribution < 1.29 is 4.79 Å². The molecule has 0 aliphatic heterocycles. The van der Waals surface area contributed by atoms with Crippen molar-refractivity contribution in [2.45, 2.75) is 12.8 Å². The molecule has 0 N–H and O–H groups in total. The van der Waals surface area contributed by atoms with Gasteiger partial charge in [0.05, 0.1) is 6.20 Å². The van der Waals surface area contributed by atoms with E-state index in [1.54, 1.807) is 0 Å². The Labute approximate surface area is 70.9 Å². The average molecular weight is 160 g/mol. The maximum atomic E-state index is 11.2. The fraction of sp³-hybridized carbons (Fsp3) is 0.222. The lowest BCUT2D eigenvalue weighted by molar-refractivity contribution is 0.0979. The van der Waals surface area contributed by atoms with Crippen LogP contribution in [0.2, 0.25) is 0 Å². The minimum absolute atomic E-state index is 0.0546. The van der Waals surface area contributed by atoms with Crippen LogP contribution in [0.1, 0.15) is 23.3 Å². The first-order chi connectivity index (χ1) is 5.84. The molecule has 1 rings (SSSR count). The fourth-order valence-electron chi connectivity index (χ4n) is 0.757. The van der Waals surface area contributed by atoms with Crippen molar-refractivity contribution in [2.75, 3.05) is 0 Å². The predicted octanol–water partition coefficient (Wildman–Crippen LogP) is 1.07. The monoisotopic (exact) mass is 160 g/mol. The summed E-state index contributed by atoms with van der Waals surface area (Å²) in [6.45, 7) is 0. The Bertz CT molecular complexity index is 300. The van der Waals surface area contributed by atoms with Crippen LogP contribution in [0.25, 0.3) is 0 Å². The number of hydrogen-bond donors (Lipinski definition) is 0. The molecule has 0 fully saturated rings. The molecule has 1 aromatic heterocycles. The molecule has 0 aliphatic carbocycles. The first-order valence-electron chi connectivity index (χ1n) is 3.57. The minimum atomic E-state index is -0.0546. The molecule has 0 bridgehead atoms. The Kier molecular flexibility index (Phi) is 2.97. The molecule has 0 atom stereocenters. The van der Waals surface area contributed by atoms with Gasteiger partial charge in [-0.2, -0.15) is 0 Å². The van der Waals surface area contributed by atoms with E-state index >= 15 is 0 Å². The van der Waals surface area contributed by atoms with Gasteiger partial charge in [0.25, 0.3) is 0 Å². The quantitative estimate of drug-likeness (QED) is 0.490. The van der Waals surface area contributed by atoms with Crippen LogP contribution in [0.3, 0.4) is 0 Å². The van der Waals surface area contributed by atoms with E-state index in [1.165, 1.54) is 18.6 Å². The molecule has 1 aromatic rings. The third-order valence-corrected chi connectivity index (χ3v) is 1.35. The number of rotatable bonds is 3. The van der Waals surface area contributed by atoms with E-state index < -0.39 is 0 Å². The smallest absolute Gasteiger partial charge is 0.183 e. The van der Waals surface area contributed by atoms with Crippen LogP contribution in [-0.4, -0.2) is 15.8 Å². The van der Waals surface area contributed by atoms with Crippen molar-refractivity contribution in [1.29, 1.82) is 0 Å². The highest BCUT2D eigenvalue weighted by Gasteiger charge is 2.04. The number of Topliss-reactive ketones (excluding diaryl/α,β-unsaturated/α-hetero) is 1. The van der Waals surface area contributed by atoms with Gasteiger partial charge >= 0.3 is 0 Å². The van der Waals surface area contributed by atoms with Crippen LogP contribution in [0, 0.1) is 12.3 Å². The number of aromatic nitrogens is 2. The number of hydrogen-bond acceptors (Lipinski definition) is 3. The Morgan fingerprint density at radius 2 is 2.42 bits per heavy atom. The first-order valence-corrected chi connectivity index (χ1v) is 3.57. The van der Waals surface area contributed by atoms with Crippen LogP contribution < -0.4 is 0 Å². The summed E-state index contributed by atoms with van der Waals surface area (Å²) in [7, 11) is 0. The van der Waals surface area contributed by atoms with Crippen molar-refractivity contribution in [1.82, 2.24) is 9.97 Å². The Balaban J connectivity index is 2.61. The maximum absolute atomic E-state index is 11.2. The van der Waals surface area contributed by atoms with E-state index in [0.717, 1.165) is 0 Å². The van der Waals surface area contributed by atoms with Crippen molar-refractivity contribution in [3.05, 3.63) is 24.3 Å². The average Bonchev–Trinajstić information content (AvgIpc) is 2.15. The lowest BCUT2D eigenvalue weighted by Crippen LogP contribution is -2.01. The van der Waals surface area contributed by atoms with Crippen molar-refractivity contribution >= 4 is 5.78 Å². The Morgan fingerprint density at radius 1 is 1.58 bits per heavy atom. The van der Waals surface area contributed by atoms with Gasteiger partial charge in [-0.05, 0) is 0 Å². The van der Waals surface area contributed by atoms with Gasteiger partial charge in [0.15, 0.2) is 5.78 Å². The summed E-state index contributed by atoms with van der Waals surface area (Å²) in [6, 6.07) is 0. The topological polar surface area (TPSA) is 42.9 Å². The van der Waals surface area contributed by atoms with Gasteiger partial charge in [-0.1, -0.05) is 0 Å². The number of carbonyl (C=O) groups excluding carboxylic acids is 1. The van der Waals surface area contributed by atoms with E-state index in [-0.39, 0.29) is 5.78 Å². The normalized spacial score (nSPS) is 8.92. The van der Waals surface area contributed by atoms with Gasteiger partial charge in [-0.3, -0.25) is 9.78 Å². The summed E-state index contributed by atoms with van der Waals surface area (Å²) < 4.78 is 0. The van der Waals surface area contributed by atoms with Crippen LogP contribution >= 0.6 is 0 Å². The molecule has 0 amide bonds. The van der Waals surface area contributed by atoms with Gasteiger partial charge in [0.2, 0.25) is 0 Å². The van der Waals surface area contributed by atoms with E-state index in [4.69, 9.17) is 6.42 Å². The highest BCUT2D eigenvalue weighted by molar-refractivity contribution is 5.93. The van der Waals surface area contributed by atoms with E-state index in [9.17, 15) is 4.79 Å². The van der Waals surface area contributed by atoms with Crippen LogP contribution in [-0.2, 0) is 0 Å². The molecule has 0 aromatic carbocycles. The molecule has 0 spiro atoms. The second-order valence-electron chi connectivity index (χ2n) is 2.22. The summed E-state index contributed by atoms with van der Waals surface area (Å²) in [5.74, 6) is 2.34. The second kappa shape index (κ2) is 4.24. The highest BCUT2D eigenvalue weighted by Crippen LogP contribution is 1.98. The number of ketones is 1. The number of terminal acetylenes is 1. The highest BCUT2D eigenvalue weighted by atomic mass is 16.1. The summed E-state index contributed by atoms with van der Waals surface area (Å²) >= 11 is 0. The predicted molar refractivity (Wildman–Crippen MR) is 44.4 cm³/mol. The summed E-state index contributed by atoms with van der Waals surface area (Å²) in [5, 5.41) is 0. The molecule has 3 nitrogen and oxygen atoms in total. The molecule has 0 saturated heterocycles. The third kappa shape index (κ3) is 2.17. The zero-order valence-electron chi connectivity index (χ0n) is 6.53. The van der Waals surface area contributed by atoms with Crippen LogP contribution in [0.15, 0.2) is 18.6 Å². The molecule has 12 heavy (non-hydrogen) atoms. The Hall–Kier alpha value is -1.69. The molecule has 0 radical (unpaired) electrons. The molecular formula is C9H8N2O. The maximum Gasteiger partial charge on any atom is 0.183 e. The molecule has 1 heterocycles. The van der Waals surface area contributed by atoms with E-state index in [2.05, 4.69) is 15.9 Å². The zero-order chi connectivity index (χ0) is 8.81. The Morgan fingerprint density at radius 3 is 3.00 bits per heavy atom. The van der Waals surface area contributed by atoms with Crippen LogP contribution in [0.5, 0.6) is 0 Å². The van der Waals surface area contributed by atoms with Gasteiger partial charge < -0.3 is 0 Å². The lowest BCUT2D eigenvalue weighted by atomic mass is 10.2. The summed E-state index contributed by atoms with van der Waals surface area (Å²) in [6.07, 6.45) is 10.3. The third-order valence-electron chi connectivity index (χ3n) is 1.35. The first kappa shape index (κ1) is 8.41. The zero-order valence-corrected chi connectivity index (χ0v) is 6.53. The largest absolute Gasteiger partial charge is 0.292 e. The van der Waals surface area contributed by atoms with E-state index in [0.29, 0.717) is 18.5 Å². The SMILES string of the molecule is C#CCCC(=O)c1cnccn1. The van der Waals surface area contributed by atoms with Crippen LogP contribution in [0.4, 0.5) is 0 Å². The van der Waals surface area contributed by atoms with Crippen molar-refractivity contribution in [3.63, 3.8) is 0 Å². The fourth-order valence-corrected chi connectivity index (χ4v) is 0.757. The molecule has 0 saturated carbocycles. The summed E-state index contributed by atoms with van der Waals surface area (Å²) in [4.78, 5) is 18.8. The van der Waals surface area contributed by atoms with Gasteiger partial charge in [-0.15, -0.1) is 12.3 Å². The van der Waals surface area contributed by atoms with E-state index in [1.807, 2.05) is 0 Å². The van der Waals surface area contributed by atoms with Crippen molar-refractivity contribution in [2.24, 2.45) is 0 Å². The standard InChI is InChI=1S/C9H8N2O/c1-2-3-4-9(12)8-7-10-5-6-11-8/h1,5-7H,3-4H2. The molecule has 0 aliphatic rings. The number of carbonyl (C=O) groups is 1. The molecular weight excluding hydrogens is 152 g/mol. The molecule has 0 unspecified atom stereocenters. The van der Waals surface area contributed by atoms with Gasteiger partial charge in [0.1, 0.15) is 5.69 Å². The van der Waals surface area contributed by atoms with Crippen molar-refractivity contribution in [3.8, 4) is 12.3 Å². The van der Waals surface area contributed by atoms with Gasteiger partial charge in [0, 0.05) is 25.2 Å². The van der Waals surface area contributed by atoms with Gasteiger partial charge in [-0.25, -0.2) is 4.98 Å². The minimum Gasteiger partial charge on any atom is -0.292 e. The lowest BCUT2D eigenvalue weighted by Gasteiger charge is -1.94. The second-order valence-corrected chi connectivity index (χ2v) is 2.22. The summed E-state index contributed by atoms with van der Waals surface area (Å²) in [5.41, 5.74) is 0.382. The number of nitrogens with zero attached hydrogens (tertiary/aromatic N) is 2. The molecule has 60 valence electrons.